The third kappa shape index (κ3) is 3.39. The van der Waals surface area contributed by atoms with Crippen molar-refractivity contribution in [3.05, 3.63) is 0 Å². The summed E-state index contributed by atoms with van der Waals surface area (Å²) in [5, 5.41) is 17.5. The molecule has 0 radical (unpaired) electrons. The van der Waals surface area contributed by atoms with E-state index in [1.807, 2.05) is 0 Å². The zero-order chi connectivity index (χ0) is 11.4. The van der Waals surface area contributed by atoms with Crippen molar-refractivity contribution >= 4 is 24.5 Å². The van der Waals surface area contributed by atoms with Gasteiger partial charge in [0, 0.05) is 25.9 Å². The molecule has 0 bridgehead atoms. The third-order valence-corrected chi connectivity index (χ3v) is 3.03. The van der Waals surface area contributed by atoms with Crippen LogP contribution >= 0.6 is 12.6 Å². The summed E-state index contributed by atoms with van der Waals surface area (Å²) in [6.07, 6.45) is -0.819. The Morgan fingerprint density at radius 2 is 2.33 bits per heavy atom. The maximum absolute atomic E-state index is 11.4. The standard InChI is InChI=1S/C9H15NO4S/c11-7(9(13)14)1-2-10-4-6(5-15)3-8(10)12/h6-7,11,15H,1-5H2,(H,13,14)/t6?,7-/m0/s1. The molecule has 0 aromatic heterocycles. The first-order chi connectivity index (χ1) is 7.04. The quantitative estimate of drug-likeness (QED) is 0.565. The Hall–Kier alpha value is -0.750. The largest absolute Gasteiger partial charge is 0.479 e. The van der Waals surface area contributed by atoms with Gasteiger partial charge in [-0.2, -0.15) is 12.6 Å². The number of hydrogen-bond donors (Lipinski definition) is 3. The number of carbonyl (C=O) groups excluding carboxylic acids is 1. The average molecular weight is 233 g/mol. The van der Waals surface area contributed by atoms with Crippen LogP contribution < -0.4 is 0 Å². The van der Waals surface area contributed by atoms with Crippen LogP contribution in [0.25, 0.3) is 0 Å². The molecule has 0 aromatic rings. The summed E-state index contributed by atoms with van der Waals surface area (Å²) in [5.74, 6) is -0.314. The van der Waals surface area contributed by atoms with Crippen molar-refractivity contribution in [1.82, 2.24) is 4.90 Å². The molecule has 1 heterocycles. The first kappa shape index (κ1) is 12.3. The third-order valence-electron chi connectivity index (χ3n) is 2.51. The molecule has 0 aromatic carbocycles. The lowest BCUT2D eigenvalue weighted by atomic mass is 10.1. The van der Waals surface area contributed by atoms with Gasteiger partial charge >= 0.3 is 5.97 Å². The molecule has 86 valence electrons. The lowest BCUT2D eigenvalue weighted by molar-refractivity contribution is -0.147. The van der Waals surface area contributed by atoms with E-state index in [4.69, 9.17) is 10.2 Å². The van der Waals surface area contributed by atoms with E-state index in [2.05, 4.69) is 12.6 Å². The number of aliphatic hydroxyl groups excluding tert-OH is 1. The van der Waals surface area contributed by atoms with Gasteiger partial charge in [-0.25, -0.2) is 4.79 Å². The molecule has 2 atom stereocenters. The van der Waals surface area contributed by atoms with Gasteiger partial charge in [0.05, 0.1) is 0 Å². The predicted octanol–water partition coefficient (Wildman–Crippen LogP) is -0.400. The minimum Gasteiger partial charge on any atom is -0.479 e. The van der Waals surface area contributed by atoms with Gasteiger partial charge < -0.3 is 15.1 Å². The fraction of sp³-hybridized carbons (Fsp3) is 0.778. The maximum Gasteiger partial charge on any atom is 0.332 e. The summed E-state index contributed by atoms with van der Waals surface area (Å²) in [5.41, 5.74) is 0. The second-order valence-corrected chi connectivity index (χ2v) is 4.10. The number of aliphatic carboxylic acids is 1. The molecule has 0 aliphatic carbocycles. The van der Waals surface area contributed by atoms with Gasteiger partial charge in [0.15, 0.2) is 6.10 Å². The molecule has 6 heteroatoms. The number of carbonyl (C=O) groups is 2. The van der Waals surface area contributed by atoms with E-state index in [0.29, 0.717) is 25.3 Å². The SMILES string of the molecule is O=C(O)[C@@H](O)CCN1CC(CS)CC1=O. The number of nitrogens with zero attached hydrogens (tertiary/aromatic N) is 1. The lowest BCUT2D eigenvalue weighted by Gasteiger charge is -2.17. The highest BCUT2D eigenvalue weighted by Gasteiger charge is 2.29. The van der Waals surface area contributed by atoms with Crippen LogP contribution in [0.2, 0.25) is 0 Å². The Kier molecular flexibility index (Phi) is 4.41. The number of aliphatic hydroxyl groups is 1. The van der Waals surface area contributed by atoms with Crippen LogP contribution in [0.3, 0.4) is 0 Å². The highest BCUT2D eigenvalue weighted by atomic mass is 32.1. The molecule has 5 nitrogen and oxygen atoms in total. The Balaban J connectivity index is 2.33. The predicted molar refractivity (Wildman–Crippen MR) is 56.8 cm³/mol. The molecule has 1 aliphatic heterocycles. The number of likely N-dealkylation sites (tertiary alicyclic amines) is 1. The van der Waals surface area contributed by atoms with Crippen LogP contribution in [0.1, 0.15) is 12.8 Å². The molecule has 0 saturated carbocycles. The average Bonchev–Trinajstić information content (AvgIpc) is 2.55. The zero-order valence-corrected chi connectivity index (χ0v) is 9.19. The van der Waals surface area contributed by atoms with Crippen LogP contribution in [0.4, 0.5) is 0 Å². The molecule has 1 amide bonds. The van der Waals surface area contributed by atoms with Crippen LogP contribution in [0.5, 0.6) is 0 Å². The summed E-state index contributed by atoms with van der Waals surface area (Å²) in [7, 11) is 0. The van der Waals surface area contributed by atoms with Crippen LogP contribution in [-0.4, -0.2) is 51.9 Å². The van der Waals surface area contributed by atoms with Gasteiger partial charge in [-0.1, -0.05) is 0 Å². The number of carboxylic acid groups (broad SMARTS) is 1. The Bertz CT molecular complexity index is 258. The minimum atomic E-state index is -1.38. The monoisotopic (exact) mass is 233 g/mol. The molecule has 0 spiro atoms. The molecular weight excluding hydrogens is 218 g/mol. The summed E-state index contributed by atoms with van der Waals surface area (Å²) in [6, 6.07) is 0. The number of thiol groups is 1. The van der Waals surface area contributed by atoms with Crippen LogP contribution in [0.15, 0.2) is 0 Å². The number of carboxylic acids is 1. The van der Waals surface area contributed by atoms with Crippen molar-refractivity contribution in [2.45, 2.75) is 18.9 Å². The Morgan fingerprint density at radius 1 is 1.67 bits per heavy atom. The Morgan fingerprint density at radius 3 is 2.80 bits per heavy atom. The van der Waals surface area contributed by atoms with Crippen LogP contribution in [-0.2, 0) is 9.59 Å². The molecule has 1 unspecified atom stereocenters. The van der Waals surface area contributed by atoms with Crippen molar-refractivity contribution < 1.29 is 19.8 Å². The van der Waals surface area contributed by atoms with Crippen molar-refractivity contribution in [3.63, 3.8) is 0 Å². The molecule has 2 N–H and O–H groups in total. The molecule has 15 heavy (non-hydrogen) atoms. The molecule has 1 fully saturated rings. The zero-order valence-electron chi connectivity index (χ0n) is 8.30. The number of amides is 1. The summed E-state index contributed by atoms with van der Waals surface area (Å²) in [4.78, 5) is 23.3. The second kappa shape index (κ2) is 5.37. The van der Waals surface area contributed by atoms with E-state index < -0.39 is 12.1 Å². The summed E-state index contributed by atoms with van der Waals surface area (Å²) >= 11 is 4.12. The van der Waals surface area contributed by atoms with Gasteiger partial charge in [-0.15, -0.1) is 0 Å². The van der Waals surface area contributed by atoms with Gasteiger partial charge in [-0.3, -0.25) is 4.79 Å². The van der Waals surface area contributed by atoms with Crippen LogP contribution in [0, 0.1) is 5.92 Å². The highest BCUT2D eigenvalue weighted by Crippen LogP contribution is 2.19. The van der Waals surface area contributed by atoms with Crippen molar-refractivity contribution in [1.29, 1.82) is 0 Å². The van der Waals surface area contributed by atoms with E-state index in [1.54, 1.807) is 4.90 Å². The van der Waals surface area contributed by atoms with E-state index in [0.717, 1.165) is 0 Å². The Labute approximate surface area is 93.5 Å². The van der Waals surface area contributed by atoms with Gasteiger partial charge in [0.25, 0.3) is 0 Å². The summed E-state index contributed by atoms with van der Waals surface area (Å²) < 4.78 is 0. The first-order valence-corrected chi connectivity index (χ1v) is 5.47. The van der Waals surface area contributed by atoms with Crippen molar-refractivity contribution in [3.8, 4) is 0 Å². The molecule has 1 saturated heterocycles. The van der Waals surface area contributed by atoms with Crippen molar-refractivity contribution in [2.24, 2.45) is 5.92 Å². The highest BCUT2D eigenvalue weighted by molar-refractivity contribution is 7.80. The maximum atomic E-state index is 11.4. The van der Waals surface area contributed by atoms with E-state index >= 15 is 0 Å². The van der Waals surface area contributed by atoms with Gasteiger partial charge in [0.1, 0.15) is 0 Å². The number of rotatable bonds is 5. The lowest BCUT2D eigenvalue weighted by Crippen LogP contribution is -2.31. The molecule has 1 aliphatic rings. The van der Waals surface area contributed by atoms with E-state index in [-0.39, 0.29) is 18.2 Å². The first-order valence-electron chi connectivity index (χ1n) is 4.84. The van der Waals surface area contributed by atoms with Gasteiger partial charge in [0.2, 0.25) is 5.91 Å². The topological polar surface area (TPSA) is 77.8 Å². The van der Waals surface area contributed by atoms with E-state index in [1.165, 1.54) is 0 Å². The molecular formula is C9H15NO4S. The minimum absolute atomic E-state index is 0.0200. The number of hydrogen-bond acceptors (Lipinski definition) is 4. The van der Waals surface area contributed by atoms with E-state index in [9.17, 15) is 9.59 Å². The normalized spacial score (nSPS) is 23.2. The van der Waals surface area contributed by atoms with Gasteiger partial charge in [-0.05, 0) is 11.7 Å². The molecule has 1 rings (SSSR count). The summed E-state index contributed by atoms with van der Waals surface area (Å²) in [6.45, 7) is 0.922. The van der Waals surface area contributed by atoms with Crippen molar-refractivity contribution in [2.75, 3.05) is 18.8 Å². The fourth-order valence-corrected chi connectivity index (χ4v) is 1.84. The fourth-order valence-electron chi connectivity index (χ4n) is 1.59. The second-order valence-electron chi connectivity index (χ2n) is 3.74. The smallest absolute Gasteiger partial charge is 0.332 e.